The Morgan fingerprint density at radius 3 is 2.72 bits per heavy atom. The van der Waals surface area contributed by atoms with Crippen LogP contribution in [-0.2, 0) is 0 Å². The van der Waals surface area contributed by atoms with E-state index in [4.69, 9.17) is 4.74 Å². The summed E-state index contributed by atoms with van der Waals surface area (Å²) >= 11 is 0. The maximum Gasteiger partial charge on any atom is 0.228 e. The van der Waals surface area contributed by atoms with Crippen LogP contribution in [0.1, 0.15) is 48.8 Å². The number of aromatic amines is 1. The van der Waals surface area contributed by atoms with Crippen LogP contribution in [0.25, 0.3) is 11.0 Å². The van der Waals surface area contributed by atoms with Gasteiger partial charge in [-0.3, -0.25) is 9.79 Å². The standard InChI is InChI=1S/C25H26N4O3/c1-25(23(26-13-14-27-25)17-5-4-6-18(30)15-17)32-19-11-9-16(10-12-19)22(31)24-28-20-7-2-3-8-21(20)29-24/h2-3,7-14,17-18,23,30H,4-6,15H2,1H3,(H,28,29). The van der Waals surface area contributed by atoms with E-state index >= 15 is 0 Å². The lowest BCUT2D eigenvalue weighted by atomic mass is 9.79. The van der Waals surface area contributed by atoms with E-state index in [2.05, 4.69) is 20.0 Å². The van der Waals surface area contributed by atoms with Crippen molar-refractivity contribution >= 4 is 29.2 Å². The van der Waals surface area contributed by atoms with Crippen molar-refractivity contribution in [2.45, 2.75) is 50.5 Å². The lowest BCUT2D eigenvalue weighted by Crippen LogP contribution is -2.49. The minimum Gasteiger partial charge on any atom is -0.464 e. The number of H-pyrrole nitrogens is 1. The molecule has 0 saturated heterocycles. The van der Waals surface area contributed by atoms with Gasteiger partial charge in [-0.05, 0) is 68.5 Å². The molecule has 4 unspecified atom stereocenters. The summed E-state index contributed by atoms with van der Waals surface area (Å²) in [5.41, 5.74) is 1.26. The van der Waals surface area contributed by atoms with Gasteiger partial charge in [-0.1, -0.05) is 18.6 Å². The highest BCUT2D eigenvalue weighted by Gasteiger charge is 2.43. The van der Waals surface area contributed by atoms with Crippen LogP contribution in [0.4, 0.5) is 0 Å². The summed E-state index contributed by atoms with van der Waals surface area (Å²) in [6.07, 6.45) is 6.62. The van der Waals surface area contributed by atoms with Gasteiger partial charge in [0.2, 0.25) is 11.5 Å². The average Bonchev–Trinajstić information content (AvgIpc) is 3.23. The number of imidazole rings is 1. The number of carbonyl (C=O) groups is 1. The molecule has 4 atom stereocenters. The third kappa shape index (κ3) is 3.96. The summed E-state index contributed by atoms with van der Waals surface area (Å²) < 4.78 is 6.30. The molecule has 2 heterocycles. The fourth-order valence-corrected chi connectivity index (χ4v) is 4.77. The lowest BCUT2D eigenvalue weighted by molar-refractivity contribution is 0.0163. The van der Waals surface area contributed by atoms with Crippen LogP contribution in [0.15, 0.2) is 58.5 Å². The van der Waals surface area contributed by atoms with Gasteiger partial charge in [0.05, 0.1) is 17.1 Å². The third-order valence-electron chi connectivity index (χ3n) is 6.37. The molecular formula is C25H26N4O3. The molecule has 3 aromatic rings. The van der Waals surface area contributed by atoms with Gasteiger partial charge in [0, 0.05) is 18.0 Å². The SMILES string of the molecule is CC1(Oc2ccc(C(=O)c3nc4ccccc4[nH]3)cc2)N=CC=NC1C1CCCC(O)C1. The van der Waals surface area contributed by atoms with Crippen molar-refractivity contribution in [3.05, 3.63) is 59.9 Å². The highest BCUT2D eigenvalue weighted by Crippen LogP contribution is 2.37. The van der Waals surface area contributed by atoms with Gasteiger partial charge in [0.1, 0.15) is 11.8 Å². The lowest BCUT2D eigenvalue weighted by Gasteiger charge is -2.40. The van der Waals surface area contributed by atoms with Crippen molar-refractivity contribution in [1.82, 2.24) is 9.97 Å². The number of nitrogens with zero attached hydrogens (tertiary/aromatic N) is 3. The molecule has 0 amide bonds. The van der Waals surface area contributed by atoms with Gasteiger partial charge in [-0.15, -0.1) is 0 Å². The van der Waals surface area contributed by atoms with Crippen LogP contribution < -0.4 is 4.74 Å². The Kier molecular flexibility index (Phi) is 5.35. The zero-order valence-corrected chi connectivity index (χ0v) is 17.9. The minimum absolute atomic E-state index is 0.167. The zero-order valence-electron chi connectivity index (χ0n) is 17.9. The van der Waals surface area contributed by atoms with Crippen LogP contribution in [0.5, 0.6) is 5.75 Å². The van der Waals surface area contributed by atoms with Crippen molar-refractivity contribution in [1.29, 1.82) is 0 Å². The molecule has 7 heteroatoms. The van der Waals surface area contributed by atoms with Crippen LogP contribution in [0, 0.1) is 5.92 Å². The number of ether oxygens (including phenoxy) is 1. The molecule has 1 aliphatic carbocycles. The molecular weight excluding hydrogens is 404 g/mol. The molecule has 2 aromatic carbocycles. The van der Waals surface area contributed by atoms with Gasteiger partial charge < -0.3 is 14.8 Å². The van der Waals surface area contributed by atoms with Crippen molar-refractivity contribution in [3.63, 3.8) is 0 Å². The van der Waals surface area contributed by atoms with Crippen molar-refractivity contribution < 1.29 is 14.6 Å². The highest BCUT2D eigenvalue weighted by atomic mass is 16.5. The monoisotopic (exact) mass is 430 g/mol. The molecule has 7 nitrogen and oxygen atoms in total. The number of para-hydroxylation sites is 2. The number of ketones is 1. The molecule has 32 heavy (non-hydrogen) atoms. The third-order valence-corrected chi connectivity index (χ3v) is 6.37. The van der Waals surface area contributed by atoms with Gasteiger partial charge in [-0.2, -0.15) is 0 Å². The van der Waals surface area contributed by atoms with E-state index < -0.39 is 5.72 Å². The van der Waals surface area contributed by atoms with E-state index in [1.807, 2.05) is 31.2 Å². The fraction of sp³-hybridized carbons (Fsp3) is 0.360. The summed E-state index contributed by atoms with van der Waals surface area (Å²) in [6.45, 7) is 1.93. The number of aliphatic hydroxyl groups is 1. The Labute approximate surface area is 186 Å². The highest BCUT2D eigenvalue weighted by molar-refractivity contribution is 6.16. The predicted molar refractivity (Wildman–Crippen MR) is 124 cm³/mol. The number of benzene rings is 2. The first kappa shape index (κ1) is 20.6. The van der Waals surface area contributed by atoms with E-state index in [1.54, 1.807) is 36.7 Å². The first-order chi connectivity index (χ1) is 15.5. The van der Waals surface area contributed by atoms with E-state index in [0.29, 0.717) is 23.6 Å². The summed E-state index contributed by atoms with van der Waals surface area (Å²) in [7, 11) is 0. The zero-order chi connectivity index (χ0) is 22.1. The normalized spacial score (nSPS) is 27.5. The van der Waals surface area contributed by atoms with Gasteiger partial charge in [-0.25, -0.2) is 9.98 Å². The average molecular weight is 431 g/mol. The van der Waals surface area contributed by atoms with E-state index in [9.17, 15) is 9.90 Å². The summed E-state index contributed by atoms with van der Waals surface area (Å²) in [6, 6.07) is 14.4. The number of fused-ring (bicyclic) bond motifs is 1. The van der Waals surface area contributed by atoms with Crippen molar-refractivity contribution in [2.75, 3.05) is 0 Å². The Morgan fingerprint density at radius 2 is 1.94 bits per heavy atom. The van der Waals surface area contributed by atoms with Crippen LogP contribution in [0.3, 0.4) is 0 Å². The fourth-order valence-electron chi connectivity index (χ4n) is 4.77. The molecule has 2 aliphatic rings. The quantitative estimate of drug-likeness (QED) is 0.598. The molecule has 0 bridgehead atoms. The van der Waals surface area contributed by atoms with Crippen molar-refractivity contribution in [2.24, 2.45) is 15.9 Å². The van der Waals surface area contributed by atoms with Crippen LogP contribution in [-0.4, -0.2) is 51.2 Å². The molecule has 1 saturated carbocycles. The number of aliphatic imine (C=N–C) groups is 2. The second-order valence-corrected chi connectivity index (χ2v) is 8.71. The largest absolute Gasteiger partial charge is 0.464 e. The maximum absolute atomic E-state index is 12.9. The van der Waals surface area contributed by atoms with Gasteiger partial charge in [0.15, 0.2) is 5.82 Å². The van der Waals surface area contributed by atoms with Gasteiger partial charge in [0.25, 0.3) is 0 Å². The summed E-state index contributed by atoms with van der Waals surface area (Å²) in [4.78, 5) is 29.6. The minimum atomic E-state index is -0.860. The van der Waals surface area contributed by atoms with E-state index in [-0.39, 0.29) is 23.8 Å². The number of nitrogens with one attached hydrogen (secondary N) is 1. The second-order valence-electron chi connectivity index (χ2n) is 8.71. The second kappa shape index (κ2) is 8.31. The molecule has 5 rings (SSSR count). The molecule has 2 N–H and O–H groups in total. The first-order valence-electron chi connectivity index (χ1n) is 11.1. The Morgan fingerprint density at radius 1 is 1.12 bits per heavy atom. The topological polar surface area (TPSA) is 99.9 Å². The summed E-state index contributed by atoms with van der Waals surface area (Å²) in [5.74, 6) is 0.970. The number of rotatable bonds is 5. The molecule has 0 spiro atoms. The van der Waals surface area contributed by atoms with Gasteiger partial charge >= 0.3 is 0 Å². The summed E-state index contributed by atoms with van der Waals surface area (Å²) in [5, 5.41) is 10.1. The smallest absolute Gasteiger partial charge is 0.228 e. The molecule has 1 aliphatic heterocycles. The number of carbonyl (C=O) groups excluding carboxylic acids is 1. The number of aromatic nitrogens is 2. The molecule has 1 fully saturated rings. The van der Waals surface area contributed by atoms with Crippen LogP contribution in [0.2, 0.25) is 0 Å². The number of aliphatic hydroxyl groups excluding tert-OH is 1. The Balaban J connectivity index is 1.33. The van der Waals surface area contributed by atoms with Crippen LogP contribution >= 0.6 is 0 Å². The Bertz CT molecular complexity index is 1150. The maximum atomic E-state index is 12.9. The van der Waals surface area contributed by atoms with E-state index in [1.165, 1.54) is 0 Å². The van der Waals surface area contributed by atoms with Crippen molar-refractivity contribution in [3.8, 4) is 5.75 Å². The molecule has 164 valence electrons. The predicted octanol–water partition coefficient (Wildman–Crippen LogP) is 3.96. The number of hydrogen-bond donors (Lipinski definition) is 2. The molecule has 0 radical (unpaired) electrons. The molecule has 1 aromatic heterocycles. The van der Waals surface area contributed by atoms with E-state index in [0.717, 1.165) is 30.3 Å². The number of hydrogen-bond acceptors (Lipinski definition) is 6. The Hall–Kier alpha value is -3.32. The first-order valence-corrected chi connectivity index (χ1v) is 11.1.